The fraction of sp³-hybridized carbons (Fsp3) is 0. The maximum absolute atomic E-state index is 5.83. The number of benzene rings is 1. The molecule has 0 spiro atoms. The molecule has 0 atom stereocenters. The van der Waals surface area contributed by atoms with Gasteiger partial charge in [-0.05, 0) is 12.1 Å². The van der Waals surface area contributed by atoms with Crippen molar-refractivity contribution in [2.24, 2.45) is 0 Å². The van der Waals surface area contributed by atoms with E-state index < -0.39 is 0 Å². The summed E-state index contributed by atoms with van der Waals surface area (Å²) in [4.78, 5) is 8.39. The molecule has 0 aliphatic carbocycles. The lowest BCUT2D eigenvalue weighted by Crippen LogP contribution is -1.90. The van der Waals surface area contributed by atoms with E-state index >= 15 is 0 Å². The van der Waals surface area contributed by atoms with Crippen molar-refractivity contribution in [1.82, 2.24) is 9.97 Å². The van der Waals surface area contributed by atoms with Crippen molar-refractivity contribution in [3.8, 4) is 22.9 Å². The molecule has 0 amide bonds. The first-order valence-electron chi connectivity index (χ1n) is 6.13. The molecule has 2 aromatic heterocycles. The van der Waals surface area contributed by atoms with E-state index in [1.807, 2.05) is 42.5 Å². The highest BCUT2D eigenvalue weighted by molar-refractivity contribution is 6.29. The Morgan fingerprint density at radius 3 is 2.55 bits per heavy atom. The third-order valence-electron chi connectivity index (χ3n) is 2.71. The zero-order valence-corrected chi connectivity index (χ0v) is 11.3. The van der Waals surface area contributed by atoms with Gasteiger partial charge in [-0.3, -0.25) is 0 Å². The minimum Gasteiger partial charge on any atom is -0.439 e. The standard InChI is InChI=1S/C16H11ClN2O/c17-15-11-13(9-10-18-15)20-16-8-4-7-14(19-16)12-5-2-1-3-6-12/h1-11H. The number of nitrogens with zero attached hydrogens (tertiary/aromatic N) is 2. The molecule has 3 aromatic rings. The fourth-order valence-corrected chi connectivity index (χ4v) is 1.97. The van der Waals surface area contributed by atoms with Crippen molar-refractivity contribution in [3.05, 3.63) is 72.0 Å². The van der Waals surface area contributed by atoms with Crippen LogP contribution in [0.2, 0.25) is 5.15 Å². The molecule has 0 fully saturated rings. The molecule has 0 saturated carbocycles. The molecule has 98 valence electrons. The molecular formula is C16H11ClN2O. The van der Waals surface area contributed by atoms with Crippen LogP contribution in [0.15, 0.2) is 66.9 Å². The van der Waals surface area contributed by atoms with Gasteiger partial charge in [0, 0.05) is 23.9 Å². The van der Waals surface area contributed by atoms with Crippen LogP contribution in [0.4, 0.5) is 0 Å². The lowest BCUT2D eigenvalue weighted by atomic mass is 10.1. The third-order valence-corrected chi connectivity index (χ3v) is 2.92. The summed E-state index contributed by atoms with van der Waals surface area (Å²) >= 11 is 5.83. The van der Waals surface area contributed by atoms with Crippen molar-refractivity contribution in [2.75, 3.05) is 0 Å². The lowest BCUT2D eigenvalue weighted by molar-refractivity contribution is 0.463. The minimum absolute atomic E-state index is 0.390. The van der Waals surface area contributed by atoms with E-state index in [0.29, 0.717) is 16.8 Å². The molecular weight excluding hydrogens is 272 g/mol. The maximum atomic E-state index is 5.83. The second kappa shape index (κ2) is 5.72. The Morgan fingerprint density at radius 2 is 1.75 bits per heavy atom. The molecule has 0 N–H and O–H groups in total. The molecule has 4 heteroatoms. The first-order valence-corrected chi connectivity index (χ1v) is 6.51. The Bertz CT molecular complexity index is 716. The first-order chi connectivity index (χ1) is 9.81. The van der Waals surface area contributed by atoms with Gasteiger partial charge in [0.25, 0.3) is 0 Å². The Morgan fingerprint density at radius 1 is 0.900 bits per heavy atom. The quantitative estimate of drug-likeness (QED) is 0.659. The van der Waals surface area contributed by atoms with Gasteiger partial charge in [-0.25, -0.2) is 9.97 Å². The highest BCUT2D eigenvalue weighted by Crippen LogP contribution is 2.24. The van der Waals surface area contributed by atoms with Crippen molar-refractivity contribution >= 4 is 11.6 Å². The van der Waals surface area contributed by atoms with Gasteiger partial charge >= 0.3 is 0 Å². The number of aromatic nitrogens is 2. The summed E-state index contributed by atoms with van der Waals surface area (Å²) in [5, 5.41) is 0.390. The summed E-state index contributed by atoms with van der Waals surface area (Å²) in [6.45, 7) is 0. The zero-order chi connectivity index (χ0) is 13.8. The summed E-state index contributed by atoms with van der Waals surface area (Å²) in [6, 6.07) is 19.0. The highest BCUT2D eigenvalue weighted by Gasteiger charge is 2.03. The van der Waals surface area contributed by atoms with E-state index in [1.165, 1.54) is 0 Å². The van der Waals surface area contributed by atoms with Crippen molar-refractivity contribution in [3.63, 3.8) is 0 Å². The van der Waals surface area contributed by atoms with E-state index in [2.05, 4.69) is 9.97 Å². The average molecular weight is 283 g/mol. The number of pyridine rings is 2. The SMILES string of the molecule is Clc1cc(Oc2cccc(-c3ccccc3)n2)ccn1. The molecule has 0 bridgehead atoms. The predicted octanol–water partition coefficient (Wildman–Crippen LogP) is 4.59. The predicted molar refractivity (Wildman–Crippen MR) is 79.0 cm³/mol. The molecule has 2 heterocycles. The van der Waals surface area contributed by atoms with Crippen LogP contribution in [0.1, 0.15) is 0 Å². The van der Waals surface area contributed by atoms with Gasteiger partial charge in [0.05, 0.1) is 5.69 Å². The van der Waals surface area contributed by atoms with Gasteiger partial charge in [0.2, 0.25) is 5.88 Å². The van der Waals surface area contributed by atoms with Crippen LogP contribution in [0.3, 0.4) is 0 Å². The molecule has 0 unspecified atom stereocenters. The Hall–Kier alpha value is -2.39. The third kappa shape index (κ3) is 2.95. The van der Waals surface area contributed by atoms with Crippen LogP contribution < -0.4 is 4.74 Å². The normalized spacial score (nSPS) is 10.2. The monoisotopic (exact) mass is 282 g/mol. The van der Waals surface area contributed by atoms with E-state index in [-0.39, 0.29) is 0 Å². The minimum atomic E-state index is 0.390. The van der Waals surface area contributed by atoms with Gasteiger partial charge in [-0.2, -0.15) is 0 Å². The van der Waals surface area contributed by atoms with Gasteiger partial charge in [0.1, 0.15) is 10.9 Å². The largest absolute Gasteiger partial charge is 0.439 e. The highest BCUT2D eigenvalue weighted by atomic mass is 35.5. The second-order valence-corrected chi connectivity index (χ2v) is 4.53. The number of hydrogen-bond acceptors (Lipinski definition) is 3. The van der Waals surface area contributed by atoms with Gasteiger partial charge in [-0.1, -0.05) is 48.0 Å². The van der Waals surface area contributed by atoms with Gasteiger partial charge < -0.3 is 4.74 Å². The van der Waals surface area contributed by atoms with E-state index in [4.69, 9.17) is 16.3 Å². The van der Waals surface area contributed by atoms with E-state index in [0.717, 1.165) is 11.3 Å². The van der Waals surface area contributed by atoms with Crippen LogP contribution in [0.5, 0.6) is 11.6 Å². The summed E-state index contributed by atoms with van der Waals surface area (Å²) in [5.41, 5.74) is 1.91. The number of ether oxygens (including phenoxy) is 1. The number of hydrogen-bond donors (Lipinski definition) is 0. The zero-order valence-electron chi connectivity index (χ0n) is 10.5. The van der Waals surface area contributed by atoms with E-state index in [1.54, 1.807) is 24.4 Å². The number of rotatable bonds is 3. The summed E-state index contributed by atoms with van der Waals surface area (Å²) in [7, 11) is 0. The Labute approximate surface area is 121 Å². The van der Waals surface area contributed by atoms with Crippen LogP contribution in [0.25, 0.3) is 11.3 Å². The van der Waals surface area contributed by atoms with Crippen LogP contribution in [-0.2, 0) is 0 Å². The average Bonchev–Trinajstić information content (AvgIpc) is 2.48. The lowest BCUT2D eigenvalue weighted by Gasteiger charge is -2.06. The molecule has 0 radical (unpaired) electrons. The van der Waals surface area contributed by atoms with Crippen LogP contribution in [0, 0.1) is 0 Å². The molecule has 0 aliphatic rings. The molecule has 20 heavy (non-hydrogen) atoms. The van der Waals surface area contributed by atoms with Crippen LogP contribution >= 0.6 is 11.6 Å². The molecule has 0 aliphatic heterocycles. The Balaban J connectivity index is 1.88. The molecule has 3 nitrogen and oxygen atoms in total. The molecule has 0 saturated heterocycles. The Kier molecular flexibility index (Phi) is 3.61. The van der Waals surface area contributed by atoms with Gasteiger partial charge in [0.15, 0.2) is 0 Å². The van der Waals surface area contributed by atoms with Crippen molar-refractivity contribution < 1.29 is 4.74 Å². The molecule has 3 rings (SSSR count). The summed E-state index contributed by atoms with van der Waals surface area (Å²) in [6.07, 6.45) is 1.60. The van der Waals surface area contributed by atoms with E-state index in [9.17, 15) is 0 Å². The first kappa shape index (κ1) is 12.6. The number of halogens is 1. The van der Waals surface area contributed by atoms with Crippen molar-refractivity contribution in [1.29, 1.82) is 0 Å². The summed E-state index contributed by atoms with van der Waals surface area (Å²) in [5.74, 6) is 1.14. The molecule has 1 aromatic carbocycles. The second-order valence-electron chi connectivity index (χ2n) is 4.14. The summed E-state index contributed by atoms with van der Waals surface area (Å²) < 4.78 is 5.69. The topological polar surface area (TPSA) is 35.0 Å². The smallest absolute Gasteiger partial charge is 0.219 e. The van der Waals surface area contributed by atoms with Crippen LogP contribution in [-0.4, -0.2) is 9.97 Å². The maximum Gasteiger partial charge on any atom is 0.219 e. The van der Waals surface area contributed by atoms with Gasteiger partial charge in [-0.15, -0.1) is 0 Å². The van der Waals surface area contributed by atoms with Crippen molar-refractivity contribution in [2.45, 2.75) is 0 Å². The fourth-order valence-electron chi connectivity index (χ4n) is 1.81.